The molecule has 0 atom stereocenters. The first-order chi connectivity index (χ1) is 8.31. The molecule has 1 aliphatic heterocycles. The second-order valence-corrected chi connectivity index (χ2v) is 6.39. The molecule has 0 aromatic heterocycles. The van der Waals surface area contributed by atoms with Crippen LogP contribution in [0.5, 0.6) is 0 Å². The molecule has 5 nitrogen and oxygen atoms in total. The lowest BCUT2D eigenvalue weighted by Crippen LogP contribution is -2.53. The Morgan fingerprint density at radius 1 is 1.28 bits per heavy atom. The number of carbonyl (C=O) groups excluding carboxylic acids is 1. The number of morpholine rings is 1. The summed E-state index contributed by atoms with van der Waals surface area (Å²) in [6, 6.07) is 0. The summed E-state index contributed by atoms with van der Waals surface area (Å²) in [6.45, 7) is 5.87. The van der Waals surface area contributed by atoms with Crippen molar-refractivity contribution in [2.24, 2.45) is 0 Å². The van der Waals surface area contributed by atoms with Crippen molar-refractivity contribution in [1.82, 2.24) is 0 Å². The number of carbonyl (C=O) groups is 1. The molecular formula is C13H28N2O3+2. The van der Waals surface area contributed by atoms with E-state index in [0.29, 0.717) is 13.0 Å². The molecule has 0 aromatic rings. The van der Waals surface area contributed by atoms with E-state index < -0.39 is 0 Å². The molecule has 0 N–H and O–H groups in total. The van der Waals surface area contributed by atoms with Crippen molar-refractivity contribution in [2.45, 2.75) is 6.42 Å². The molecule has 5 heteroatoms. The SMILES string of the molecule is C[N+](C)(C)CCC(=O)OCC[N+]1(C)CCOCC1. The molecule has 0 amide bonds. The van der Waals surface area contributed by atoms with E-state index in [1.54, 1.807) is 0 Å². The van der Waals surface area contributed by atoms with Crippen LogP contribution in [0.25, 0.3) is 0 Å². The third-order valence-corrected chi connectivity index (χ3v) is 3.43. The van der Waals surface area contributed by atoms with Crippen LogP contribution in [0.1, 0.15) is 6.42 Å². The van der Waals surface area contributed by atoms with E-state index in [2.05, 4.69) is 28.2 Å². The van der Waals surface area contributed by atoms with Crippen molar-refractivity contribution in [2.75, 3.05) is 74.2 Å². The molecule has 1 rings (SSSR count). The molecule has 1 fully saturated rings. The largest absolute Gasteiger partial charge is 0.460 e. The Hall–Kier alpha value is -0.650. The monoisotopic (exact) mass is 260 g/mol. The van der Waals surface area contributed by atoms with Crippen LogP contribution in [0.4, 0.5) is 0 Å². The highest BCUT2D eigenvalue weighted by Gasteiger charge is 2.25. The van der Waals surface area contributed by atoms with Gasteiger partial charge in [0.05, 0.1) is 54.4 Å². The molecule has 0 spiro atoms. The standard InChI is InChI=1S/C13H28N2O3/c1-14(2,3)6-5-13(16)18-12-9-15(4)7-10-17-11-8-15/h5-12H2,1-4H3/q+2. The Labute approximate surface area is 110 Å². The van der Waals surface area contributed by atoms with Crippen molar-refractivity contribution >= 4 is 5.97 Å². The summed E-state index contributed by atoms with van der Waals surface area (Å²) >= 11 is 0. The molecule has 1 saturated heterocycles. The Morgan fingerprint density at radius 2 is 1.89 bits per heavy atom. The van der Waals surface area contributed by atoms with Gasteiger partial charge in [-0.1, -0.05) is 0 Å². The smallest absolute Gasteiger partial charge is 0.311 e. The van der Waals surface area contributed by atoms with Gasteiger partial charge >= 0.3 is 5.97 Å². The van der Waals surface area contributed by atoms with Crippen molar-refractivity contribution in [1.29, 1.82) is 0 Å². The van der Waals surface area contributed by atoms with Gasteiger partial charge in [0.2, 0.25) is 0 Å². The van der Waals surface area contributed by atoms with Gasteiger partial charge in [0.15, 0.2) is 0 Å². The lowest BCUT2D eigenvalue weighted by molar-refractivity contribution is -0.917. The van der Waals surface area contributed by atoms with Crippen LogP contribution < -0.4 is 0 Å². The van der Waals surface area contributed by atoms with Gasteiger partial charge in [-0.05, 0) is 0 Å². The van der Waals surface area contributed by atoms with Crippen molar-refractivity contribution in [3.05, 3.63) is 0 Å². The van der Waals surface area contributed by atoms with Gasteiger partial charge in [-0.15, -0.1) is 0 Å². The maximum atomic E-state index is 11.6. The molecule has 0 radical (unpaired) electrons. The van der Waals surface area contributed by atoms with Crippen molar-refractivity contribution in [3.63, 3.8) is 0 Å². The summed E-state index contributed by atoms with van der Waals surface area (Å²) in [7, 11) is 8.43. The highest BCUT2D eigenvalue weighted by molar-refractivity contribution is 5.69. The lowest BCUT2D eigenvalue weighted by Gasteiger charge is -2.37. The number of hydrogen-bond acceptors (Lipinski definition) is 3. The molecule has 1 heterocycles. The van der Waals surface area contributed by atoms with Crippen LogP contribution >= 0.6 is 0 Å². The van der Waals surface area contributed by atoms with Gasteiger partial charge in [0.1, 0.15) is 26.2 Å². The third kappa shape index (κ3) is 6.33. The molecule has 1 aliphatic rings. The summed E-state index contributed by atoms with van der Waals surface area (Å²) in [5, 5.41) is 0. The minimum atomic E-state index is -0.0806. The topological polar surface area (TPSA) is 35.5 Å². The first kappa shape index (κ1) is 15.4. The van der Waals surface area contributed by atoms with Crippen LogP contribution in [0, 0.1) is 0 Å². The first-order valence-corrected chi connectivity index (χ1v) is 6.68. The average Bonchev–Trinajstić information content (AvgIpc) is 2.26. The van der Waals surface area contributed by atoms with Crippen LogP contribution in [0.15, 0.2) is 0 Å². The number of ether oxygens (including phenoxy) is 2. The molecule has 106 valence electrons. The van der Waals surface area contributed by atoms with Crippen molar-refractivity contribution < 1.29 is 23.2 Å². The zero-order valence-corrected chi connectivity index (χ0v) is 12.3. The second kappa shape index (κ2) is 6.50. The van der Waals surface area contributed by atoms with Crippen LogP contribution in [0.2, 0.25) is 0 Å². The van der Waals surface area contributed by atoms with Crippen LogP contribution in [0.3, 0.4) is 0 Å². The predicted molar refractivity (Wildman–Crippen MR) is 70.1 cm³/mol. The summed E-state index contributed by atoms with van der Waals surface area (Å²) in [4.78, 5) is 11.6. The Balaban J connectivity index is 2.15. The summed E-state index contributed by atoms with van der Waals surface area (Å²) in [6.07, 6.45) is 0.496. The van der Waals surface area contributed by atoms with E-state index in [9.17, 15) is 4.79 Å². The fraction of sp³-hybridized carbons (Fsp3) is 0.923. The van der Waals surface area contributed by atoms with E-state index in [4.69, 9.17) is 9.47 Å². The molecule has 18 heavy (non-hydrogen) atoms. The molecule has 0 saturated carbocycles. The number of rotatable bonds is 6. The minimum Gasteiger partial charge on any atom is -0.460 e. The van der Waals surface area contributed by atoms with E-state index in [-0.39, 0.29) is 5.97 Å². The fourth-order valence-electron chi connectivity index (χ4n) is 1.89. The summed E-state index contributed by atoms with van der Waals surface area (Å²) < 4.78 is 12.4. The fourth-order valence-corrected chi connectivity index (χ4v) is 1.89. The minimum absolute atomic E-state index is 0.0806. The van der Waals surface area contributed by atoms with Crippen molar-refractivity contribution in [3.8, 4) is 0 Å². The summed E-state index contributed by atoms with van der Waals surface area (Å²) in [5.41, 5.74) is 0. The zero-order chi connectivity index (χ0) is 13.6. The predicted octanol–water partition coefficient (Wildman–Crippen LogP) is 0.103. The molecule has 0 aromatic carbocycles. The van der Waals surface area contributed by atoms with E-state index in [0.717, 1.165) is 48.4 Å². The van der Waals surface area contributed by atoms with Crippen LogP contribution in [-0.2, 0) is 14.3 Å². The molecule has 0 bridgehead atoms. The number of nitrogens with zero attached hydrogens (tertiary/aromatic N) is 2. The van der Waals surface area contributed by atoms with E-state index in [1.807, 2.05) is 0 Å². The average molecular weight is 260 g/mol. The zero-order valence-electron chi connectivity index (χ0n) is 12.3. The highest BCUT2D eigenvalue weighted by atomic mass is 16.5. The molecule has 0 unspecified atom stereocenters. The maximum Gasteiger partial charge on any atom is 0.311 e. The van der Waals surface area contributed by atoms with Gasteiger partial charge in [0.25, 0.3) is 0 Å². The molecular weight excluding hydrogens is 232 g/mol. The normalized spacial score (nSPS) is 19.6. The number of quaternary nitrogens is 2. The quantitative estimate of drug-likeness (QED) is 0.502. The highest BCUT2D eigenvalue weighted by Crippen LogP contribution is 2.07. The van der Waals surface area contributed by atoms with Gasteiger partial charge in [-0.25, -0.2) is 0 Å². The Bertz CT molecular complexity index is 268. The Morgan fingerprint density at radius 3 is 2.44 bits per heavy atom. The lowest BCUT2D eigenvalue weighted by atomic mass is 10.3. The first-order valence-electron chi connectivity index (χ1n) is 6.68. The summed E-state index contributed by atoms with van der Waals surface area (Å²) in [5.74, 6) is -0.0806. The van der Waals surface area contributed by atoms with Gasteiger partial charge < -0.3 is 18.4 Å². The van der Waals surface area contributed by atoms with Gasteiger partial charge in [0, 0.05) is 0 Å². The second-order valence-electron chi connectivity index (χ2n) is 6.39. The number of hydrogen-bond donors (Lipinski definition) is 0. The Kier molecular flexibility index (Phi) is 5.56. The van der Waals surface area contributed by atoms with Crippen LogP contribution in [-0.4, -0.2) is 89.1 Å². The van der Waals surface area contributed by atoms with Gasteiger partial charge in [-0.3, -0.25) is 4.79 Å². The van der Waals surface area contributed by atoms with E-state index in [1.165, 1.54) is 0 Å². The third-order valence-electron chi connectivity index (χ3n) is 3.43. The van der Waals surface area contributed by atoms with Gasteiger partial charge in [-0.2, -0.15) is 0 Å². The number of esters is 1. The van der Waals surface area contributed by atoms with E-state index >= 15 is 0 Å². The number of likely N-dealkylation sites (N-methyl/N-ethyl adjacent to an activating group) is 1. The maximum absolute atomic E-state index is 11.6. The molecule has 0 aliphatic carbocycles.